The number of hydrogen-bond donors (Lipinski definition) is 2. The van der Waals surface area contributed by atoms with E-state index in [9.17, 15) is 4.79 Å². The molecule has 0 saturated heterocycles. The molecule has 0 radical (unpaired) electrons. The first-order valence-electron chi connectivity index (χ1n) is 8.01. The molecule has 0 atom stereocenters. The van der Waals surface area contributed by atoms with Gasteiger partial charge >= 0.3 is 0 Å². The molecule has 0 aliphatic heterocycles. The molecule has 2 N–H and O–H groups in total. The van der Waals surface area contributed by atoms with Crippen LogP contribution in [-0.4, -0.2) is 31.6 Å². The van der Waals surface area contributed by atoms with Gasteiger partial charge in [-0.1, -0.05) is 11.6 Å². The Labute approximate surface area is 151 Å². The Morgan fingerprint density at radius 2 is 2.00 bits per heavy atom. The molecule has 1 aromatic heterocycles. The Bertz CT molecular complexity index is 918. The third-order valence-electron chi connectivity index (χ3n) is 3.84. The lowest BCUT2D eigenvalue weighted by atomic mass is 10.2. The van der Waals surface area contributed by atoms with Crippen LogP contribution in [0.3, 0.4) is 0 Å². The van der Waals surface area contributed by atoms with E-state index >= 15 is 0 Å². The van der Waals surface area contributed by atoms with Crippen LogP contribution in [0.25, 0.3) is 10.9 Å². The number of nitrogens with zero attached hydrogens (tertiary/aromatic N) is 1. The summed E-state index contributed by atoms with van der Waals surface area (Å²) in [6, 6.07) is 12.9. The highest BCUT2D eigenvalue weighted by atomic mass is 35.5. The molecule has 0 saturated carbocycles. The van der Waals surface area contributed by atoms with Crippen LogP contribution in [0, 0.1) is 0 Å². The predicted molar refractivity (Wildman–Crippen MR) is 103 cm³/mol. The van der Waals surface area contributed by atoms with E-state index < -0.39 is 0 Å². The number of amides is 1. The summed E-state index contributed by atoms with van der Waals surface area (Å²) in [7, 11) is 3.83. The van der Waals surface area contributed by atoms with Crippen molar-refractivity contribution < 1.29 is 9.53 Å². The maximum atomic E-state index is 12.6. The summed E-state index contributed by atoms with van der Waals surface area (Å²) >= 11 is 6.07. The lowest BCUT2D eigenvalue weighted by Gasteiger charge is -2.18. The van der Waals surface area contributed by atoms with Crippen LogP contribution in [0.15, 0.2) is 42.5 Å². The minimum atomic E-state index is -0.223. The highest BCUT2D eigenvalue weighted by Gasteiger charge is 2.13. The quantitative estimate of drug-likeness (QED) is 0.704. The van der Waals surface area contributed by atoms with Crippen molar-refractivity contribution in [2.45, 2.75) is 6.92 Å². The van der Waals surface area contributed by atoms with Crippen LogP contribution < -0.4 is 15.0 Å². The van der Waals surface area contributed by atoms with E-state index in [-0.39, 0.29) is 5.91 Å². The van der Waals surface area contributed by atoms with Crippen molar-refractivity contribution in [3.63, 3.8) is 0 Å². The van der Waals surface area contributed by atoms with Crippen molar-refractivity contribution in [3.05, 3.63) is 53.2 Å². The number of aromatic nitrogens is 1. The van der Waals surface area contributed by atoms with Gasteiger partial charge in [0, 0.05) is 36.1 Å². The van der Waals surface area contributed by atoms with Gasteiger partial charge in [-0.15, -0.1) is 0 Å². The zero-order chi connectivity index (χ0) is 18.0. The average Bonchev–Trinajstić information content (AvgIpc) is 2.98. The highest BCUT2D eigenvalue weighted by Crippen LogP contribution is 2.29. The highest BCUT2D eigenvalue weighted by molar-refractivity contribution is 6.31. The third-order valence-corrected chi connectivity index (χ3v) is 4.07. The predicted octanol–water partition coefficient (Wildman–Crippen LogP) is 4.54. The summed E-state index contributed by atoms with van der Waals surface area (Å²) in [4.78, 5) is 17.7. The van der Waals surface area contributed by atoms with Crippen LogP contribution in [0.1, 0.15) is 17.4 Å². The second kappa shape index (κ2) is 7.07. The fourth-order valence-corrected chi connectivity index (χ4v) is 2.85. The molecule has 1 amide bonds. The van der Waals surface area contributed by atoms with E-state index in [0.717, 1.165) is 22.3 Å². The maximum Gasteiger partial charge on any atom is 0.272 e. The number of ether oxygens (including phenoxy) is 1. The van der Waals surface area contributed by atoms with E-state index in [1.807, 2.05) is 56.3 Å². The lowest BCUT2D eigenvalue weighted by Crippen LogP contribution is -2.17. The number of hydrogen-bond acceptors (Lipinski definition) is 3. The van der Waals surface area contributed by atoms with E-state index in [2.05, 4.69) is 10.3 Å². The number of carbonyl (C=O) groups excluding carboxylic acids is 1. The largest absolute Gasteiger partial charge is 0.494 e. The van der Waals surface area contributed by atoms with E-state index in [0.29, 0.717) is 23.0 Å². The van der Waals surface area contributed by atoms with E-state index in [4.69, 9.17) is 16.3 Å². The molecule has 2 aromatic carbocycles. The van der Waals surface area contributed by atoms with Gasteiger partial charge in [0.05, 0.1) is 18.0 Å². The molecule has 130 valence electrons. The van der Waals surface area contributed by atoms with Crippen molar-refractivity contribution in [1.82, 2.24) is 4.98 Å². The fraction of sp³-hybridized carbons (Fsp3) is 0.211. The molecule has 0 aliphatic rings. The zero-order valence-electron chi connectivity index (χ0n) is 14.4. The summed E-state index contributed by atoms with van der Waals surface area (Å²) in [5.41, 5.74) is 2.88. The lowest BCUT2D eigenvalue weighted by molar-refractivity contribution is 0.102. The Morgan fingerprint density at radius 3 is 2.72 bits per heavy atom. The Balaban J connectivity index is 1.89. The molecule has 3 aromatic rings. The number of halogens is 1. The van der Waals surface area contributed by atoms with Gasteiger partial charge in [0.15, 0.2) is 0 Å². The second-order valence-electron chi connectivity index (χ2n) is 5.88. The van der Waals surface area contributed by atoms with Crippen LogP contribution >= 0.6 is 11.6 Å². The van der Waals surface area contributed by atoms with Gasteiger partial charge in [-0.05, 0) is 43.3 Å². The summed E-state index contributed by atoms with van der Waals surface area (Å²) in [5, 5.41) is 4.44. The molecule has 0 bridgehead atoms. The van der Waals surface area contributed by atoms with Crippen LogP contribution in [-0.2, 0) is 0 Å². The minimum absolute atomic E-state index is 0.223. The molecule has 3 rings (SSSR count). The maximum absolute atomic E-state index is 12.6. The van der Waals surface area contributed by atoms with Gasteiger partial charge in [-0.25, -0.2) is 0 Å². The summed E-state index contributed by atoms with van der Waals surface area (Å²) in [6.45, 7) is 2.53. The minimum Gasteiger partial charge on any atom is -0.494 e. The van der Waals surface area contributed by atoms with Crippen molar-refractivity contribution in [2.24, 2.45) is 0 Å². The smallest absolute Gasteiger partial charge is 0.272 e. The number of anilines is 2. The molecule has 0 spiro atoms. The number of fused-ring (bicyclic) bond motifs is 1. The Morgan fingerprint density at radius 1 is 1.20 bits per heavy atom. The van der Waals surface area contributed by atoms with Crippen LogP contribution in [0.2, 0.25) is 5.02 Å². The standard InChI is InChI=1S/C19H20ClN3O2/c1-4-25-14-7-5-12-9-17(21-15(12)11-14)19(24)22-16-10-13(20)6-8-18(16)23(2)3/h5-11,21H,4H2,1-3H3,(H,22,24). The number of rotatable bonds is 5. The van der Waals surface area contributed by atoms with Crippen molar-refractivity contribution in [3.8, 4) is 5.75 Å². The van der Waals surface area contributed by atoms with Gasteiger partial charge in [0.25, 0.3) is 5.91 Å². The Hall–Kier alpha value is -2.66. The molecule has 5 nitrogen and oxygen atoms in total. The number of aromatic amines is 1. The second-order valence-corrected chi connectivity index (χ2v) is 6.31. The van der Waals surface area contributed by atoms with Gasteiger partial charge in [0.2, 0.25) is 0 Å². The summed E-state index contributed by atoms with van der Waals surface area (Å²) in [5.74, 6) is 0.549. The topological polar surface area (TPSA) is 57.4 Å². The van der Waals surface area contributed by atoms with Gasteiger partial charge < -0.3 is 19.9 Å². The first kappa shape index (κ1) is 17.2. The normalized spacial score (nSPS) is 10.7. The van der Waals surface area contributed by atoms with E-state index in [1.165, 1.54) is 0 Å². The molecule has 0 fully saturated rings. The third kappa shape index (κ3) is 3.72. The molecular weight excluding hydrogens is 338 g/mol. The molecular formula is C19H20ClN3O2. The van der Waals surface area contributed by atoms with Crippen LogP contribution in [0.5, 0.6) is 5.75 Å². The van der Waals surface area contributed by atoms with Crippen molar-refractivity contribution >= 4 is 39.8 Å². The Kier molecular flexibility index (Phi) is 4.86. The van der Waals surface area contributed by atoms with Gasteiger partial charge in [-0.3, -0.25) is 4.79 Å². The van der Waals surface area contributed by atoms with Crippen LogP contribution in [0.4, 0.5) is 11.4 Å². The molecule has 0 unspecified atom stereocenters. The zero-order valence-corrected chi connectivity index (χ0v) is 15.1. The number of carbonyl (C=O) groups is 1. The molecule has 6 heteroatoms. The number of nitrogens with one attached hydrogen (secondary N) is 2. The monoisotopic (exact) mass is 357 g/mol. The van der Waals surface area contributed by atoms with Crippen molar-refractivity contribution in [2.75, 3.05) is 30.9 Å². The molecule has 0 aliphatic carbocycles. The first-order chi connectivity index (χ1) is 12.0. The fourth-order valence-electron chi connectivity index (χ4n) is 2.67. The summed E-state index contributed by atoms with van der Waals surface area (Å²) < 4.78 is 5.49. The molecule has 1 heterocycles. The number of H-pyrrole nitrogens is 1. The SMILES string of the molecule is CCOc1ccc2cc(C(=O)Nc3cc(Cl)ccc3N(C)C)[nH]c2c1. The molecule has 25 heavy (non-hydrogen) atoms. The number of benzene rings is 2. The summed E-state index contributed by atoms with van der Waals surface area (Å²) in [6.07, 6.45) is 0. The van der Waals surface area contributed by atoms with Gasteiger partial charge in [-0.2, -0.15) is 0 Å². The van der Waals surface area contributed by atoms with Crippen molar-refractivity contribution in [1.29, 1.82) is 0 Å². The average molecular weight is 358 g/mol. The first-order valence-corrected chi connectivity index (χ1v) is 8.39. The van der Waals surface area contributed by atoms with Gasteiger partial charge in [0.1, 0.15) is 11.4 Å². The van der Waals surface area contributed by atoms with E-state index in [1.54, 1.807) is 12.1 Å².